The fourth-order valence-electron chi connectivity index (χ4n) is 2.10. The monoisotopic (exact) mass is 270 g/mol. The van der Waals surface area contributed by atoms with Gasteiger partial charge in [0.15, 0.2) is 0 Å². The average molecular weight is 270 g/mol. The summed E-state index contributed by atoms with van der Waals surface area (Å²) in [6, 6.07) is 7.21. The molecule has 3 N–H and O–H groups in total. The number of pyridine rings is 1. The van der Waals surface area contributed by atoms with E-state index in [1.165, 1.54) is 0 Å². The number of rotatable bonds is 3. The number of aromatic nitrogens is 4. The van der Waals surface area contributed by atoms with E-state index in [0.717, 1.165) is 11.4 Å². The van der Waals surface area contributed by atoms with Gasteiger partial charge in [-0.25, -0.2) is 15.3 Å². The molecule has 0 aliphatic rings. The predicted molar refractivity (Wildman–Crippen MR) is 75.3 cm³/mol. The second-order valence-electron chi connectivity index (χ2n) is 4.51. The van der Waals surface area contributed by atoms with E-state index in [4.69, 9.17) is 5.84 Å². The Morgan fingerprint density at radius 3 is 3.00 bits per heavy atom. The fraction of sp³-hybridized carbons (Fsp3) is 0.154. The van der Waals surface area contributed by atoms with Gasteiger partial charge in [0.2, 0.25) is 0 Å². The molecule has 3 aromatic heterocycles. The van der Waals surface area contributed by atoms with Crippen molar-refractivity contribution in [1.29, 1.82) is 0 Å². The summed E-state index contributed by atoms with van der Waals surface area (Å²) in [5.74, 6) is 5.89. The molecular formula is C13H14N6O. The van der Waals surface area contributed by atoms with Crippen molar-refractivity contribution in [3.8, 4) is 0 Å². The van der Waals surface area contributed by atoms with Crippen LogP contribution >= 0.6 is 0 Å². The molecule has 7 nitrogen and oxygen atoms in total. The van der Waals surface area contributed by atoms with E-state index < -0.39 is 0 Å². The lowest BCUT2D eigenvalue weighted by atomic mass is 10.3. The zero-order valence-electron chi connectivity index (χ0n) is 10.9. The van der Waals surface area contributed by atoms with Crippen LogP contribution in [0.15, 0.2) is 41.5 Å². The molecule has 0 aliphatic heterocycles. The number of nitrogens with two attached hydrogens (primary N) is 1. The number of nitrogen functional groups attached to an aromatic ring is 1. The van der Waals surface area contributed by atoms with E-state index in [-0.39, 0.29) is 5.56 Å². The van der Waals surface area contributed by atoms with Gasteiger partial charge in [0.25, 0.3) is 5.56 Å². The molecule has 0 unspecified atom stereocenters. The van der Waals surface area contributed by atoms with Crippen LogP contribution in [0.2, 0.25) is 0 Å². The van der Waals surface area contributed by atoms with Crippen LogP contribution in [0.4, 0.5) is 5.82 Å². The quantitative estimate of drug-likeness (QED) is 0.535. The number of hydrogen-bond acceptors (Lipinski definition) is 5. The summed E-state index contributed by atoms with van der Waals surface area (Å²) in [6.45, 7) is 2.24. The highest BCUT2D eigenvalue weighted by molar-refractivity contribution is 5.45. The molecule has 20 heavy (non-hydrogen) atoms. The lowest BCUT2D eigenvalue weighted by molar-refractivity contribution is 0.726. The van der Waals surface area contributed by atoms with Gasteiger partial charge in [-0.1, -0.05) is 6.07 Å². The summed E-state index contributed by atoms with van der Waals surface area (Å²) in [5.41, 5.74) is 4.51. The molecule has 3 aromatic rings. The smallest absolute Gasteiger partial charge is 0.276 e. The predicted octanol–water partition coefficient (Wildman–Crippen LogP) is 0.533. The third kappa shape index (κ3) is 2.14. The Morgan fingerprint density at radius 1 is 1.35 bits per heavy atom. The molecule has 0 bridgehead atoms. The van der Waals surface area contributed by atoms with Gasteiger partial charge in [0.05, 0.1) is 17.9 Å². The number of anilines is 1. The zero-order valence-corrected chi connectivity index (χ0v) is 10.9. The van der Waals surface area contributed by atoms with Crippen LogP contribution in [0.1, 0.15) is 11.4 Å². The molecule has 0 amide bonds. The number of nitrogens with one attached hydrogen (secondary N) is 1. The highest BCUT2D eigenvalue weighted by atomic mass is 16.1. The van der Waals surface area contributed by atoms with Crippen molar-refractivity contribution < 1.29 is 0 Å². The molecule has 0 spiro atoms. The second-order valence-corrected chi connectivity index (χ2v) is 4.51. The van der Waals surface area contributed by atoms with E-state index >= 15 is 0 Å². The van der Waals surface area contributed by atoms with Crippen molar-refractivity contribution in [3.05, 3.63) is 58.4 Å². The Hall–Kier alpha value is -2.67. The van der Waals surface area contributed by atoms with Gasteiger partial charge >= 0.3 is 0 Å². The van der Waals surface area contributed by atoms with Gasteiger partial charge in [-0.15, -0.1) is 0 Å². The Morgan fingerprint density at radius 2 is 2.20 bits per heavy atom. The lowest BCUT2D eigenvalue weighted by Gasteiger charge is -2.07. The number of nitrogens with zero attached hydrogens (tertiary/aromatic N) is 4. The van der Waals surface area contributed by atoms with E-state index in [1.54, 1.807) is 33.6 Å². The first-order valence-electron chi connectivity index (χ1n) is 6.15. The Labute approximate surface area is 114 Å². The molecule has 0 saturated carbocycles. The largest absolute Gasteiger partial charge is 0.308 e. The van der Waals surface area contributed by atoms with E-state index in [9.17, 15) is 4.79 Å². The summed E-state index contributed by atoms with van der Waals surface area (Å²) in [6.07, 6.45) is 3.46. The third-order valence-corrected chi connectivity index (χ3v) is 3.01. The molecule has 0 saturated heterocycles. The Kier molecular flexibility index (Phi) is 2.96. The van der Waals surface area contributed by atoms with Crippen molar-refractivity contribution >= 4 is 11.3 Å². The van der Waals surface area contributed by atoms with Crippen LogP contribution in [0.3, 0.4) is 0 Å². The maximum Gasteiger partial charge on any atom is 0.276 e. The van der Waals surface area contributed by atoms with Gasteiger partial charge in [0, 0.05) is 12.4 Å². The summed E-state index contributed by atoms with van der Waals surface area (Å²) in [7, 11) is 0. The van der Waals surface area contributed by atoms with Crippen LogP contribution in [0.25, 0.3) is 5.52 Å². The second kappa shape index (κ2) is 4.78. The topological polar surface area (TPSA) is 90.2 Å². The molecule has 3 rings (SSSR count). The average Bonchev–Trinajstić information content (AvgIpc) is 2.84. The van der Waals surface area contributed by atoms with Gasteiger partial charge in [-0.3, -0.25) is 4.79 Å². The maximum absolute atomic E-state index is 12.3. The molecule has 0 fully saturated rings. The highest BCUT2D eigenvalue weighted by Gasteiger charge is 2.06. The summed E-state index contributed by atoms with van der Waals surface area (Å²) in [5, 5.41) is 4.21. The molecule has 0 aliphatic carbocycles. The van der Waals surface area contributed by atoms with Crippen LogP contribution < -0.4 is 16.8 Å². The molecule has 3 heterocycles. The molecule has 0 radical (unpaired) electrons. The summed E-state index contributed by atoms with van der Waals surface area (Å²) in [4.78, 5) is 16.6. The number of hydrazine groups is 1. The van der Waals surface area contributed by atoms with E-state index in [2.05, 4.69) is 15.5 Å². The van der Waals surface area contributed by atoms with Crippen LogP contribution in [0, 0.1) is 6.92 Å². The summed E-state index contributed by atoms with van der Waals surface area (Å²) < 4.78 is 3.18. The van der Waals surface area contributed by atoms with Gasteiger partial charge in [-0.05, 0) is 25.1 Å². The van der Waals surface area contributed by atoms with Crippen LogP contribution in [0.5, 0.6) is 0 Å². The van der Waals surface area contributed by atoms with Crippen LogP contribution in [-0.4, -0.2) is 19.2 Å². The normalized spacial score (nSPS) is 10.9. The fourth-order valence-corrected chi connectivity index (χ4v) is 2.10. The zero-order chi connectivity index (χ0) is 14.1. The minimum Gasteiger partial charge on any atom is -0.308 e. The van der Waals surface area contributed by atoms with Gasteiger partial charge in [-0.2, -0.15) is 5.10 Å². The molecule has 0 aromatic carbocycles. The minimum atomic E-state index is -0.0963. The van der Waals surface area contributed by atoms with Crippen LogP contribution in [-0.2, 0) is 6.54 Å². The third-order valence-electron chi connectivity index (χ3n) is 3.01. The Bertz CT molecular complexity index is 819. The lowest BCUT2D eigenvalue weighted by Crippen LogP contribution is -2.22. The van der Waals surface area contributed by atoms with Crippen molar-refractivity contribution in [2.45, 2.75) is 13.5 Å². The minimum absolute atomic E-state index is 0.0963. The number of fused-ring (bicyclic) bond motifs is 1. The highest BCUT2D eigenvalue weighted by Crippen LogP contribution is 2.05. The summed E-state index contributed by atoms with van der Waals surface area (Å²) >= 11 is 0. The number of aryl methyl sites for hydroxylation is 1. The Balaban J connectivity index is 2.02. The van der Waals surface area contributed by atoms with Gasteiger partial charge < -0.3 is 9.99 Å². The van der Waals surface area contributed by atoms with Gasteiger partial charge in [0.1, 0.15) is 11.3 Å². The van der Waals surface area contributed by atoms with E-state index in [1.807, 2.05) is 19.1 Å². The SMILES string of the molecule is Cc1cc2c(=O)n(Cc3cccc(NN)n3)ccn2n1. The standard InChI is InChI=1S/C13H14N6O/c1-9-7-11-13(20)18(5-6-19(11)17-9)8-10-3-2-4-12(15-10)16-14/h2-7H,8,14H2,1H3,(H,15,16). The molecule has 7 heteroatoms. The first kappa shape index (κ1) is 12.4. The first-order valence-corrected chi connectivity index (χ1v) is 6.15. The first-order chi connectivity index (χ1) is 9.67. The molecule has 102 valence electrons. The molecular weight excluding hydrogens is 256 g/mol. The maximum atomic E-state index is 12.3. The number of hydrogen-bond donors (Lipinski definition) is 2. The van der Waals surface area contributed by atoms with E-state index in [0.29, 0.717) is 17.9 Å². The van der Waals surface area contributed by atoms with Crippen molar-refractivity contribution in [1.82, 2.24) is 19.2 Å². The van der Waals surface area contributed by atoms with Crippen molar-refractivity contribution in [2.24, 2.45) is 5.84 Å². The van der Waals surface area contributed by atoms with Crippen molar-refractivity contribution in [3.63, 3.8) is 0 Å². The van der Waals surface area contributed by atoms with Crippen molar-refractivity contribution in [2.75, 3.05) is 5.43 Å². The molecule has 0 atom stereocenters.